The van der Waals surface area contributed by atoms with Gasteiger partial charge in [0.05, 0.1) is 31.4 Å². The molecule has 0 aliphatic carbocycles. The quantitative estimate of drug-likeness (QED) is 0.717. The van der Waals surface area contributed by atoms with Crippen LogP contribution < -0.4 is 10.6 Å². The highest BCUT2D eigenvalue weighted by molar-refractivity contribution is 5.80. The second-order valence-electron chi connectivity index (χ2n) is 7.31. The molecule has 1 saturated heterocycles. The Labute approximate surface area is 174 Å². The lowest BCUT2D eigenvalue weighted by Gasteiger charge is -2.35. The summed E-state index contributed by atoms with van der Waals surface area (Å²) in [6.07, 6.45) is -4.42. The summed E-state index contributed by atoms with van der Waals surface area (Å²) in [5.41, 5.74) is 1.76. The van der Waals surface area contributed by atoms with Gasteiger partial charge in [0.25, 0.3) is 0 Å². The highest BCUT2D eigenvalue weighted by Crippen LogP contribution is 2.30. The molecule has 2 aromatic carbocycles. The Morgan fingerprint density at radius 2 is 1.87 bits per heavy atom. The van der Waals surface area contributed by atoms with Gasteiger partial charge >= 0.3 is 6.18 Å². The number of hydrogen-bond donors (Lipinski definition) is 2. The number of benzene rings is 2. The molecule has 5 nitrogen and oxygen atoms in total. The predicted octanol–water partition coefficient (Wildman–Crippen LogP) is 3.62. The fourth-order valence-corrected chi connectivity index (χ4v) is 3.49. The molecule has 1 fully saturated rings. The van der Waals surface area contributed by atoms with Gasteiger partial charge in [-0.3, -0.25) is 9.69 Å². The first-order chi connectivity index (χ1) is 14.3. The summed E-state index contributed by atoms with van der Waals surface area (Å²) < 4.78 is 43.9. The molecule has 1 heterocycles. The van der Waals surface area contributed by atoms with Gasteiger partial charge in [-0.2, -0.15) is 13.2 Å². The van der Waals surface area contributed by atoms with Crippen LogP contribution in [-0.4, -0.2) is 50.2 Å². The van der Waals surface area contributed by atoms with E-state index >= 15 is 0 Å². The zero-order valence-electron chi connectivity index (χ0n) is 16.8. The molecule has 2 N–H and O–H groups in total. The van der Waals surface area contributed by atoms with Crippen LogP contribution in [0.1, 0.15) is 22.7 Å². The van der Waals surface area contributed by atoms with E-state index in [9.17, 15) is 18.0 Å². The molecule has 30 heavy (non-hydrogen) atoms. The molecule has 8 heteroatoms. The third-order valence-electron chi connectivity index (χ3n) is 5.05. The fourth-order valence-electron chi connectivity index (χ4n) is 3.49. The standard InChI is InChI=1S/C22H26F3N3O2/c1-16-4-2-5-17(12-16)20(28-8-10-30-11-9-28)14-27-21(29)15-26-19-7-3-6-18(13-19)22(23,24)25/h2-7,12-13,20,26H,8-11,14-15H2,1H3,(H,27,29). The van der Waals surface area contributed by atoms with Crippen LogP contribution in [0.5, 0.6) is 0 Å². The molecule has 1 unspecified atom stereocenters. The molecule has 1 atom stereocenters. The first-order valence-electron chi connectivity index (χ1n) is 9.89. The Bertz CT molecular complexity index is 852. The minimum Gasteiger partial charge on any atom is -0.379 e. The summed E-state index contributed by atoms with van der Waals surface area (Å²) in [7, 11) is 0. The van der Waals surface area contributed by atoms with Crippen LogP contribution >= 0.6 is 0 Å². The largest absolute Gasteiger partial charge is 0.416 e. The number of ether oxygens (including phenoxy) is 1. The third-order valence-corrected chi connectivity index (χ3v) is 5.05. The SMILES string of the molecule is Cc1cccc(C(CNC(=O)CNc2cccc(C(F)(F)F)c2)N2CCOCC2)c1. The van der Waals surface area contributed by atoms with Gasteiger partial charge in [-0.05, 0) is 30.7 Å². The van der Waals surface area contributed by atoms with Crippen molar-refractivity contribution in [1.82, 2.24) is 10.2 Å². The Kier molecular flexibility index (Phi) is 7.33. The maximum atomic E-state index is 12.8. The van der Waals surface area contributed by atoms with Gasteiger partial charge in [0.15, 0.2) is 0 Å². The van der Waals surface area contributed by atoms with E-state index in [2.05, 4.69) is 21.6 Å². The van der Waals surface area contributed by atoms with Crippen LogP contribution in [0, 0.1) is 6.92 Å². The van der Waals surface area contributed by atoms with Gasteiger partial charge in [0.2, 0.25) is 5.91 Å². The van der Waals surface area contributed by atoms with Crippen LogP contribution in [0.3, 0.4) is 0 Å². The number of hydrogen-bond acceptors (Lipinski definition) is 4. The van der Waals surface area contributed by atoms with Crippen LogP contribution in [0.4, 0.5) is 18.9 Å². The van der Waals surface area contributed by atoms with Crippen molar-refractivity contribution in [2.24, 2.45) is 0 Å². The van der Waals surface area contributed by atoms with Crippen molar-refractivity contribution in [3.05, 3.63) is 65.2 Å². The van der Waals surface area contributed by atoms with Gasteiger partial charge in [-0.25, -0.2) is 0 Å². The summed E-state index contributed by atoms with van der Waals surface area (Å²) in [6.45, 7) is 5.17. The van der Waals surface area contributed by atoms with E-state index < -0.39 is 11.7 Å². The molecule has 0 aromatic heterocycles. The molecule has 1 aliphatic heterocycles. The summed E-state index contributed by atoms with van der Waals surface area (Å²) in [6, 6.07) is 13.0. The van der Waals surface area contributed by atoms with Gasteiger partial charge < -0.3 is 15.4 Å². The Morgan fingerprint density at radius 1 is 1.13 bits per heavy atom. The van der Waals surface area contributed by atoms with Crippen molar-refractivity contribution in [2.45, 2.75) is 19.1 Å². The van der Waals surface area contributed by atoms with E-state index in [1.807, 2.05) is 25.1 Å². The maximum absolute atomic E-state index is 12.8. The fraction of sp³-hybridized carbons (Fsp3) is 0.409. The number of rotatable bonds is 7. The van der Waals surface area contributed by atoms with Crippen molar-refractivity contribution in [3.8, 4) is 0 Å². The van der Waals surface area contributed by atoms with Gasteiger partial charge in [0.1, 0.15) is 0 Å². The van der Waals surface area contributed by atoms with Crippen molar-refractivity contribution in [2.75, 3.05) is 44.7 Å². The van der Waals surface area contributed by atoms with Crippen molar-refractivity contribution < 1.29 is 22.7 Å². The molecular weight excluding hydrogens is 395 g/mol. The van der Waals surface area contributed by atoms with E-state index in [1.165, 1.54) is 12.1 Å². The van der Waals surface area contributed by atoms with Crippen LogP contribution in [0.15, 0.2) is 48.5 Å². The van der Waals surface area contributed by atoms with Crippen molar-refractivity contribution in [3.63, 3.8) is 0 Å². The average Bonchev–Trinajstić information content (AvgIpc) is 2.73. The van der Waals surface area contributed by atoms with Crippen LogP contribution in [0.2, 0.25) is 0 Å². The summed E-state index contributed by atoms with van der Waals surface area (Å²) in [4.78, 5) is 14.6. The number of nitrogens with zero attached hydrogens (tertiary/aromatic N) is 1. The Hall–Kier alpha value is -2.58. The highest BCUT2D eigenvalue weighted by Gasteiger charge is 2.30. The number of nitrogens with one attached hydrogen (secondary N) is 2. The molecule has 1 aliphatic rings. The summed E-state index contributed by atoms with van der Waals surface area (Å²) in [5.74, 6) is -0.279. The second kappa shape index (κ2) is 9.95. The number of alkyl halides is 3. The molecule has 162 valence electrons. The lowest BCUT2D eigenvalue weighted by molar-refractivity contribution is -0.137. The van der Waals surface area contributed by atoms with Crippen LogP contribution in [0.25, 0.3) is 0 Å². The molecule has 2 aromatic rings. The zero-order valence-corrected chi connectivity index (χ0v) is 16.8. The predicted molar refractivity (Wildman–Crippen MR) is 109 cm³/mol. The molecule has 0 bridgehead atoms. The molecule has 0 saturated carbocycles. The van der Waals surface area contributed by atoms with Crippen molar-refractivity contribution in [1.29, 1.82) is 0 Å². The molecule has 1 amide bonds. The second-order valence-corrected chi connectivity index (χ2v) is 7.31. The lowest BCUT2D eigenvalue weighted by Crippen LogP contribution is -2.44. The Balaban J connectivity index is 1.59. The topological polar surface area (TPSA) is 53.6 Å². The molecule has 0 spiro atoms. The number of anilines is 1. The smallest absolute Gasteiger partial charge is 0.379 e. The molecular formula is C22H26F3N3O2. The normalized spacial score (nSPS) is 16.1. The number of aryl methyl sites for hydroxylation is 1. The van der Waals surface area contributed by atoms with E-state index in [0.29, 0.717) is 19.8 Å². The number of carbonyl (C=O) groups excluding carboxylic acids is 1. The van der Waals surface area contributed by atoms with E-state index in [0.717, 1.165) is 36.3 Å². The van der Waals surface area contributed by atoms with Gasteiger partial charge in [-0.15, -0.1) is 0 Å². The van der Waals surface area contributed by atoms with Gasteiger partial charge in [0, 0.05) is 25.3 Å². The minimum atomic E-state index is -4.42. The highest BCUT2D eigenvalue weighted by atomic mass is 19.4. The number of carbonyl (C=O) groups is 1. The average molecular weight is 421 g/mol. The first kappa shape index (κ1) is 22.1. The monoisotopic (exact) mass is 421 g/mol. The zero-order chi connectivity index (χ0) is 21.6. The number of amides is 1. The number of halogens is 3. The molecule has 0 radical (unpaired) electrons. The van der Waals surface area contributed by atoms with Gasteiger partial charge in [-0.1, -0.05) is 35.9 Å². The Morgan fingerprint density at radius 3 is 2.57 bits per heavy atom. The summed E-state index contributed by atoms with van der Waals surface area (Å²) in [5, 5.41) is 5.67. The lowest BCUT2D eigenvalue weighted by atomic mass is 10.0. The number of morpholine rings is 1. The first-order valence-corrected chi connectivity index (χ1v) is 9.89. The summed E-state index contributed by atoms with van der Waals surface area (Å²) >= 11 is 0. The third kappa shape index (κ3) is 6.21. The van der Waals surface area contributed by atoms with Crippen LogP contribution in [-0.2, 0) is 15.7 Å². The van der Waals surface area contributed by atoms with Crippen molar-refractivity contribution >= 4 is 11.6 Å². The van der Waals surface area contributed by atoms with E-state index in [1.54, 1.807) is 0 Å². The van der Waals surface area contributed by atoms with E-state index in [-0.39, 0.29) is 24.2 Å². The maximum Gasteiger partial charge on any atom is 0.416 e. The minimum absolute atomic E-state index is 0.00584. The van der Waals surface area contributed by atoms with E-state index in [4.69, 9.17) is 4.74 Å². The molecule has 3 rings (SSSR count).